The molecule has 6 heteroatoms. The lowest BCUT2D eigenvalue weighted by Gasteiger charge is -2.07. The summed E-state index contributed by atoms with van der Waals surface area (Å²) < 4.78 is 0. The third-order valence-corrected chi connectivity index (χ3v) is 3.47. The number of nitrogens with two attached hydrogens (primary N) is 2. The van der Waals surface area contributed by atoms with E-state index in [0.29, 0.717) is 11.5 Å². The van der Waals surface area contributed by atoms with Crippen molar-refractivity contribution < 1.29 is 4.79 Å². The number of amides is 1. The Balaban J connectivity index is 0.00000161. The maximum absolute atomic E-state index is 11.1. The third kappa shape index (κ3) is 3.51. The van der Waals surface area contributed by atoms with Gasteiger partial charge in [-0.25, -0.2) is 4.98 Å². The van der Waals surface area contributed by atoms with Crippen LogP contribution in [0, 0.1) is 0 Å². The highest BCUT2D eigenvalue weighted by Crippen LogP contribution is 2.38. The van der Waals surface area contributed by atoms with Gasteiger partial charge in [0.25, 0.3) is 0 Å². The predicted molar refractivity (Wildman–Crippen MR) is 85.1 cm³/mol. The smallest absolute Gasteiger partial charge is 0.248 e. The second kappa shape index (κ2) is 6.11. The van der Waals surface area contributed by atoms with Crippen LogP contribution in [0.2, 0.25) is 0 Å². The van der Waals surface area contributed by atoms with E-state index in [4.69, 9.17) is 11.5 Å². The number of hydrogen-bond acceptors (Lipinski definition) is 4. The fourth-order valence-corrected chi connectivity index (χ4v) is 2.19. The van der Waals surface area contributed by atoms with Crippen molar-refractivity contribution in [3.05, 3.63) is 53.7 Å². The Morgan fingerprint density at radius 2 is 2.05 bits per heavy atom. The van der Waals surface area contributed by atoms with Gasteiger partial charge in [-0.05, 0) is 36.2 Å². The molecule has 110 valence electrons. The molecule has 5 N–H and O–H groups in total. The molecule has 1 heterocycles. The van der Waals surface area contributed by atoms with Crippen LogP contribution in [0.1, 0.15) is 28.3 Å². The first-order valence-corrected chi connectivity index (χ1v) is 6.52. The van der Waals surface area contributed by atoms with Gasteiger partial charge in [-0.15, -0.1) is 12.4 Å². The molecule has 1 aliphatic carbocycles. The number of benzene rings is 1. The Labute approximate surface area is 129 Å². The van der Waals surface area contributed by atoms with E-state index >= 15 is 0 Å². The summed E-state index contributed by atoms with van der Waals surface area (Å²) in [6.07, 6.45) is 2.88. The molecule has 2 atom stereocenters. The Hall–Kier alpha value is -2.11. The van der Waals surface area contributed by atoms with Gasteiger partial charge in [-0.3, -0.25) is 4.79 Å². The second-order valence-corrected chi connectivity index (χ2v) is 5.05. The SMILES string of the molecule is Cl.NC(=O)c1cccc(Nc2ccc(C3CC3N)cn2)c1. The van der Waals surface area contributed by atoms with Crippen molar-refractivity contribution in [2.24, 2.45) is 11.5 Å². The molecule has 0 bridgehead atoms. The summed E-state index contributed by atoms with van der Waals surface area (Å²) in [7, 11) is 0. The number of anilines is 2. The first kappa shape index (κ1) is 15.3. The van der Waals surface area contributed by atoms with Crippen LogP contribution < -0.4 is 16.8 Å². The van der Waals surface area contributed by atoms with E-state index < -0.39 is 5.91 Å². The topological polar surface area (TPSA) is 94.0 Å². The predicted octanol–water partition coefficient (Wildman–Crippen LogP) is 2.16. The van der Waals surface area contributed by atoms with Gasteiger partial charge >= 0.3 is 0 Å². The zero-order valence-corrected chi connectivity index (χ0v) is 12.1. The van der Waals surface area contributed by atoms with E-state index in [-0.39, 0.29) is 18.4 Å². The molecule has 1 aromatic carbocycles. The number of halogens is 1. The molecule has 5 nitrogen and oxygen atoms in total. The van der Waals surface area contributed by atoms with Gasteiger partial charge in [0, 0.05) is 29.4 Å². The van der Waals surface area contributed by atoms with Crippen molar-refractivity contribution in [3.63, 3.8) is 0 Å². The number of nitrogens with zero attached hydrogens (tertiary/aromatic N) is 1. The highest BCUT2D eigenvalue weighted by Gasteiger charge is 2.34. The number of carbonyl (C=O) groups is 1. The van der Waals surface area contributed by atoms with Crippen LogP contribution in [0.5, 0.6) is 0 Å². The molecule has 0 spiro atoms. The van der Waals surface area contributed by atoms with Crippen molar-refractivity contribution in [1.82, 2.24) is 4.98 Å². The fourth-order valence-electron chi connectivity index (χ4n) is 2.19. The van der Waals surface area contributed by atoms with Crippen LogP contribution in [0.4, 0.5) is 11.5 Å². The van der Waals surface area contributed by atoms with Crippen molar-refractivity contribution in [2.75, 3.05) is 5.32 Å². The van der Waals surface area contributed by atoms with Crippen LogP contribution in [-0.4, -0.2) is 16.9 Å². The minimum Gasteiger partial charge on any atom is -0.366 e. The standard InChI is InChI=1S/C15H16N4O.ClH/c16-13-7-12(13)10-4-5-14(18-8-10)19-11-3-1-2-9(6-11)15(17)20;/h1-6,8,12-13H,7,16H2,(H2,17,20)(H,18,19);1H. The van der Waals surface area contributed by atoms with E-state index in [0.717, 1.165) is 17.9 Å². The Morgan fingerprint density at radius 3 is 2.62 bits per heavy atom. The maximum Gasteiger partial charge on any atom is 0.248 e. The van der Waals surface area contributed by atoms with Crippen molar-refractivity contribution in [3.8, 4) is 0 Å². The van der Waals surface area contributed by atoms with Crippen LogP contribution in [-0.2, 0) is 0 Å². The molecule has 3 rings (SSSR count). The molecule has 2 aromatic rings. The van der Waals surface area contributed by atoms with Crippen LogP contribution >= 0.6 is 12.4 Å². The zero-order valence-electron chi connectivity index (χ0n) is 11.3. The number of aromatic nitrogens is 1. The summed E-state index contributed by atoms with van der Waals surface area (Å²) in [6, 6.07) is 11.2. The van der Waals surface area contributed by atoms with Gasteiger partial charge < -0.3 is 16.8 Å². The lowest BCUT2D eigenvalue weighted by Crippen LogP contribution is -2.10. The average molecular weight is 305 g/mol. The maximum atomic E-state index is 11.1. The summed E-state index contributed by atoms with van der Waals surface area (Å²) in [4.78, 5) is 15.5. The molecule has 21 heavy (non-hydrogen) atoms. The zero-order chi connectivity index (χ0) is 14.1. The summed E-state index contributed by atoms with van der Waals surface area (Å²) in [5.41, 5.74) is 13.5. The molecular weight excluding hydrogens is 288 g/mol. The van der Waals surface area contributed by atoms with Crippen molar-refractivity contribution >= 4 is 29.8 Å². The molecular formula is C15H17ClN4O. The summed E-state index contributed by atoms with van der Waals surface area (Å²) in [5.74, 6) is 0.735. The molecule has 0 saturated heterocycles. The fraction of sp³-hybridized carbons (Fsp3) is 0.200. The van der Waals surface area contributed by atoms with Crippen LogP contribution in [0.3, 0.4) is 0 Å². The van der Waals surface area contributed by atoms with E-state index in [9.17, 15) is 4.79 Å². The van der Waals surface area contributed by atoms with Gasteiger partial charge in [0.1, 0.15) is 5.82 Å². The van der Waals surface area contributed by atoms with Gasteiger partial charge in [-0.2, -0.15) is 0 Å². The van der Waals surface area contributed by atoms with Crippen molar-refractivity contribution in [2.45, 2.75) is 18.4 Å². The van der Waals surface area contributed by atoms with E-state index in [1.807, 2.05) is 24.4 Å². The highest BCUT2D eigenvalue weighted by molar-refractivity contribution is 5.93. The second-order valence-electron chi connectivity index (χ2n) is 5.05. The Morgan fingerprint density at radius 1 is 1.29 bits per heavy atom. The molecule has 1 aromatic heterocycles. The number of carbonyl (C=O) groups excluding carboxylic acids is 1. The largest absolute Gasteiger partial charge is 0.366 e. The minimum atomic E-state index is -0.445. The summed E-state index contributed by atoms with van der Waals surface area (Å²) in [6.45, 7) is 0. The van der Waals surface area contributed by atoms with Gasteiger partial charge in [-0.1, -0.05) is 12.1 Å². The van der Waals surface area contributed by atoms with Gasteiger partial charge in [0.2, 0.25) is 5.91 Å². The number of hydrogen-bond donors (Lipinski definition) is 3. The Bertz CT molecular complexity index is 644. The quantitative estimate of drug-likeness (QED) is 0.807. The lowest BCUT2D eigenvalue weighted by molar-refractivity contribution is 0.100. The highest BCUT2D eigenvalue weighted by atomic mass is 35.5. The number of primary amides is 1. The summed E-state index contributed by atoms with van der Waals surface area (Å²) in [5, 5.41) is 3.15. The first-order valence-electron chi connectivity index (χ1n) is 6.52. The molecule has 0 radical (unpaired) electrons. The molecule has 0 aliphatic heterocycles. The normalized spacial score (nSPS) is 19.5. The average Bonchev–Trinajstić information content (AvgIpc) is 3.17. The first-order chi connectivity index (χ1) is 9.63. The third-order valence-electron chi connectivity index (χ3n) is 3.47. The number of pyridine rings is 1. The summed E-state index contributed by atoms with van der Waals surface area (Å²) >= 11 is 0. The van der Waals surface area contributed by atoms with E-state index in [1.165, 1.54) is 5.56 Å². The van der Waals surface area contributed by atoms with E-state index in [2.05, 4.69) is 10.3 Å². The van der Waals surface area contributed by atoms with Crippen LogP contribution in [0.15, 0.2) is 42.6 Å². The number of nitrogens with one attached hydrogen (secondary N) is 1. The monoisotopic (exact) mass is 304 g/mol. The molecule has 2 unspecified atom stereocenters. The van der Waals surface area contributed by atoms with Crippen LogP contribution in [0.25, 0.3) is 0 Å². The van der Waals surface area contributed by atoms with E-state index in [1.54, 1.807) is 18.2 Å². The van der Waals surface area contributed by atoms with Gasteiger partial charge in [0.05, 0.1) is 0 Å². The van der Waals surface area contributed by atoms with Gasteiger partial charge in [0.15, 0.2) is 0 Å². The minimum absolute atomic E-state index is 0. The van der Waals surface area contributed by atoms with Crippen molar-refractivity contribution in [1.29, 1.82) is 0 Å². The Kier molecular flexibility index (Phi) is 4.45. The molecule has 1 aliphatic rings. The molecule has 1 saturated carbocycles. The number of rotatable bonds is 4. The molecule has 1 fully saturated rings. The molecule has 1 amide bonds. The lowest BCUT2D eigenvalue weighted by atomic mass is 10.2.